The molecule has 4 heteroatoms. The van der Waals surface area contributed by atoms with Gasteiger partial charge in [0.05, 0.1) is 10.2 Å². The van der Waals surface area contributed by atoms with E-state index in [0.29, 0.717) is 17.3 Å². The number of para-hydroxylation sites is 1. The Morgan fingerprint density at radius 1 is 1.25 bits per heavy atom. The predicted octanol–water partition coefficient (Wildman–Crippen LogP) is 3.53. The minimum atomic E-state index is 0.532. The van der Waals surface area contributed by atoms with Gasteiger partial charge in [-0.15, -0.1) is 0 Å². The monoisotopic (exact) mass is 278 g/mol. The van der Waals surface area contributed by atoms with Crippen LogP contribution in [0.4, 0.5) is 5.69 Å². The highest BCUT2D eigenvalue weighted by molar-refractivity contribution is 9.10. The van der Waals surface area contributed by atoms with Gasteiger partial charge in [0.25, 0.3) is 0 Å². The van der Waals surface area contributed by atoms with Gasteiger partial charge in [-0.3, -0.25) is 0 Å². The van der Waals surface area contributed by atoms with Crippen LogP contribution in [-0.4, -0.2) is 4.98 Å². The maximum absolute atomic E-state index is 5.82. The summed E-state index contributed by atoms with van der Waals surface area (Å²) in [5.41, 5.74) is 7.49. The molecule has 0 amide bonds. The summed E-state index contributed by atoms with van der Waals surface area (Å²) in [4.78, 5) is 4.16. The Kier molecular flexibility index (Phi) is 3.10. The lowest BCUT2D eigenvalue weighted by Crippen LogP contribution is -1.94. The molecular formula is C12H11BrN2O. The van der Waals surface area contributed by atoms with E-state index < -0.39 is 0 Å². The number of hydrogen-bond donors (Lipinski definition) is 1. The summed E-state index contributed by atoms with van der Waals surface area (Å²) < 4.78 is 6.43. The quantitative estimate of drug-likeness (QED) is 0.855. The van der Waals surface area contributed by atoms with Crippen LogP contribution >= 0.6 is 15.9 Å². The molecule has 1 aromatic heterocycles. The van der Waals surface area contributed by atoms with Crippen molar-refractivity contribution in [2.75, 3.05) is 5.73 Å². The van der Waals surface area contributed by atoms with Crippen molar-refractivity contribution in [3.63, 3.8) is 0 Å². The van der Waals surface area contributed by atoms with Crippen molar-refractivity contribution in [2.24, 2.45) is 0 Å². The highest BCUT2D eigenvalue weighted by Gasteiger charge is 2.06. The highest BCUT2D eigenvalue weighted by Crippen LogP contribution is 2.33. The van der Waals surface area contributed by atoms with Crippen LogP contribution in [0.3, 0.4) is 0 Å². The van der Waals surface area contributed by atoms with E-state index in [-0.39, 0.29) is 0 Å². The average molecular weight is 279 g/mol. The molecule has 0 unspecified atom stereocenters. The molecule has 0 saturated heterocycles. The number of anilines is 1. The summed E-state index contributed by atoms with van der Waals surface area (Å²) in [6, 6.07) is 9.27. The van der Waals surface area contributed by atoms with Gasteiger partial charge in [0.2, 0.25) is 5.88 Å². The predicted molar refractivity (Wildman–Crippen MR) is 67.6 cm³/mol. The number of aryl methyl sites for hydroxylation is 1. The number of nitrogens with zero attached hydrogens (tertiary/aromatic N) is 1. The van der Waals surface area contributed by atoms with Crippen LogP contribution in [0.1, 0.15) is 5.56 Å². The number of ether oxygens (including phenoxy) is 1. The van der Waals surface area contributed by atoms with Gasteiger partial charge in [-0.1, -0.05) is 12.1 Å². The molecule has 2 N–H and O–H groups in total. The zero-order valence-electron chi connectivity index (χ0n) is 8.77. The summed E-state index contributed by atoms with van der Waals surface area (Å²) >= 11 is 3.39. The van der Waals surface area contributed by atoms with E-state index in [1.54, 1.807) is 12.3 Å². The molecule has 0 aliphatic heterocycles. The number of nitrogens with two attached hydrogens (primary N) is 1. The number of pyridine rings is 1. The molecule has 16 heavy (non-hydrogen) atoms. The van der Waals surface area contributed by atoms with Crippen molar-refractivity contribution < 1.29 is 4.74 Å². The second kappa shape index (κ2) is 4.53. The van der Waals surface area contributed by atoms with Crippen LogP contribution in [0, 0.1) is 6.92 Å². The van der Waals surface area contributed by atoms with Crippen LogP contribution in [0.15, 0.2) is 41.0 Å². The Hall–Kier alpha value is -1.55. The molecule has 82 valence electrons. The fourth-order valence-corrected chi connectivity index (χ4v) is 1.71. The Morgan fingerprint density at radius 2 is 2.06 bits per heavy atom. The fraction of sp³-hybridized carbons (Fsp3) is 0.0833. The molecule has 3 nitrogen and oxygen atoms in total. The smallest absolute Gasteiger partial charge is 0.219 e. The minimum absolute atomic E-state index is 0.532. The number of hydrogen-bond acceptors (Lipinski definition) is 3. The van der Waals surface area contributed by atoms with Gasteiger partial charge < -0.3 is 10.5 Å². The minimum Gasteiger partial charge on any atom is -0.436 e. The maximum atomic E-state index is 5.82. The topological polar surface area (TPSA) is 48.1 Å². The largest absolute Gasteiger partial charge is 0.436 e. The summed E-state index contributed by atoms with van der Waals surface area (Å²) in [5, 5.41) is 0. The zero-order chi connectivity index (χ0) is 11.5. The van der Waals surface area contributed by atoms with Gasteiger partial charge in [-0.05, 0) is 40.5 Å². The highest BCUT2D eigenvalue weighted by atomic mass is 79.9. The van der Waals surface area contributed by atoms with E-state index >= 15 is 0 Å². The van der Waals surface area contributed by atoms with Gasteiger partial charge in [0.1, 0.15) is 0 Å². The van der Waals surface area contributed by atoms with E-state index in [4.69, 9.17) is 10.5 Å². The van der Waals surface area contributed by atoms with Crippen LogP contribution < -0.4 is 10.5 Å². The van der Waals surface area contributed by atoms with Crippen molar-refractivity contribution in [1.29, 1.82) is 0 Å². The van der Waals surface area contributed by atoms with Crippen molar-refractivity contribution in [1.82, 2.24) is 4.98 Å². The number of aromatic nitrogens is 1. The second-order valence-corrected chi connectivity index (χ2v) is 4.29. The molecule has 0 fully saturated rings. The number of halogens is 1. The van der Waals surface area contributed by atoms with Crippen molar-refractivity contribution in [3.8, 4) is 11.6 Å². The third-order valence-corrected chi connectivity index (χ3v) is 2.71. The molecule has 2 aromatic rings. The Labute approximate surface area is 102 Å². The van der Waals surface area contributed by atoms with E-state index in [2.05, 4.69) is 20.9 Å². The van der Waals surface area contributed by atoms with E-state index in [0.717, 1.165) is 10.0 Å². The molecule has 0 aliphatic rings. The Balaban J connectivity index is 2.30. The van der Waals surface area contributed by atoms with Crippen LogP contribution in [0.25, 0.3) is 0 Å². The molecule has 0 atom stereocenters. The van der Waals surface area contributed by atoms with E-state index in [9.17, 15) is 0 Å². The van der Waals surface area contributed by atoms with Crippen LogP contribution in [0.5, 0.6) is 11.6 Å². The second-order valence-electron chi connectivity index (χ2n) is 3.43. The van der Waals surface area contributed by atoms with Gasteiger partial charge in [0, 0.05) is 12.3 Å². The third-order valence-electron chi connectivity index (χ3n) is 2.09. The van der Waals surface area contributed by atoms with Crippen LogP contribution in [-0.2, 0) is 0 Å². The molecule has 1 heterocycles. The lowest BCUT2D eigenvalue weighted by atomic mass is 10.3. The molecule has 0 radical (unpaired) electrons. The molecule has 0 spiro atoms. The number of nitrogen functional groups attached to an aromatic ring is 1. The average Bonchev–Trinajstić information content (AvgIpc) is 2.26. The Bertz CT molecular complexity index is 477. The van der Waals surface area contributed by atoms with E-state index in [1.807, 2.05) is 31.2 Å². The first-order chi connectivity index (χ1) is 7.66. The summed E-state index contributed by atoms with van der Waals surface area (Å²) in [5.74, 6) is 1.13. The normalized spacial score (nSPS) is 10.1. The van der Waals surface area contributed by atoms with Crippen molar-refractivity contribution >= 4 is 21.6 Å². The molecule has 1 aromatic carbocycles. The SMILES string of the molecule is Cc1ccc(Oc2c(N)cccc2Br)nc1. The van der Waals surface area contributed by atoms with Gasteiger partial charge in [-0.2, -0.15) is 0 Å². The summed E-state index contributed by atoms with van der Waals surface area (Å²) in [6.07, 6.45) is 1.75. The molecule has 0 aliphatic carbocycles. The third kappa shape index (κ3) is 2.33. The molecule has 0 saturated carbocycles. The first kappa shape index (κ1) is 11.0. The Morgan fingerprint density at radius 3 is 2.69 bits per heavy atom. The summed E-state index contributed by atoms with van der Waals surface area (Å²) in [6.45, 7) is 1.98. The fourth-order valence-electron chi connectivity index (χ4n) is 1.25. The molecule has 0 bridgehead atoms. The first-order valence-electron chi connectivity index (χ1n) is 4.81. The zero-order valence-corrected chi connectivity index (χ0v) is 10.4. The van der Waals surface area contributed by atoms with Gasteiger partial charge in [0.15, 0.2) is 5.75 Å². The summed E-state index contributed by atoms with van der Waals surface area (Å²) in [7, 11) is 0. The first-order valence-corrected chi connectivity index (χ1v) is 5.60. The van der Waals surface area contributed by atoms with E-state index in [1.165, 1.54) is 0 Å². The van der Waals surface area contributed by atoms with Gasteiger partial charge in [-0.25, -0.2) is 4.98 Å². The maximum Gasteiger partial charge on any atom is 0.219 e. The molecule has 2 rings (SSSR count). The van der Waals surface area contributed by atoms with Crippen molar-refractivity contribution in [2.45, 2.75) is 6.92 Å². The lowest BCUT2D eigenvalue weighted by molar-refractivity contribution is 0.462. The van der Waals surface area contributed by atoms with Gasteiger partial charge >= 0.3 is 0 Å². The standard InChI is InChI=1S/C12H11BrN2O/c1-8-5-6-11(15-7-8)16-12-9(13)3-2-4-10(12)14/h2-7H,14H2,1H3. The van der Waals surface area contributed by atoms with Crippen LogP contribution in [0.2, 0.25) is 0 Å². The van der Waals surface area contributed by atoms with Crippen molar-refractivity contribution in [3.05, 3.63) is 46.6 Å². The number of rotatable bonds is 2. The molecular weight excluding hydrogens is 268 g/mol. The lowest BCUT2D eigenvalue weighted by Gasteiger charge is -2.09. The number of benzene rings is 1.